The Morgan fingerprint density at radius 3 is 3.04 bits per heavy atom. The fourth-order valence-electron chi connectivity index (χ4n) is 3.84. The summed E-state index contributed by atoms with van der Waals surface area (Å²) in [6.45, 7) is 0. The molecule has 1 aliphatic rings. The number of carbonyl (C=O) groups is 1. The van der Waals surface area contributed by atoms with Crippen LogP contribution in [-0.2, 0) is 6.42 Å². The number of aromatic amines is 2. The van der Waals surface area contributed by atoms with E-state index in [9.17, 15) is 9.59 Å². The van der Waals surface area contributed by atoms with Crippen LogP contribution in [0.3, 0.4) is 0 Å². The highest BCUT2D eigenvalue weighted by molar-refractivity contribution is 5.94. The molecule has 130 valence electrons. The second-order valence-electron chi connectivity index (χ2n) is 6.66. The minimum absolute atomic E-state index is 0.0598. The lowest BCUT2D eigenvalue weighted by molar-refractivity contribution is 0.0931. The van der Waals surface area contributed by atoms with Gasteiger partial charge >= 0.3 is 5.69 Å². The third-order valence-electron chi connectivity index (χ3n) is 5.09. The van der Waals surface area contributed by atoms with Gasteiger partial charge in [0.15, 0.2) is 5.65 Å². The number of benzene rings is 1. The molecule has 1 aromatic carbocycles. The molecule has 0 radical (unpaired) electrons. The van der Waals surface area contributed by atoms with Gasteiger partial charge in [0, 0.05) is 22.8 Å². The Morgan fingerprint density at radius 1 is 1.23 bits per heavy atom. The van der Waals surface area contributed by atoms with Crippen molar-refractivity contribution in [3.8, 4) is 0 Å². The van der Waals surface area contributed by atoms with Gasteiger partial charge in [-0.3, -0.25) is 4.79 Å². The van der Waals surface area contributed by atoms with Crippen molar-refractivity contribution in [2.45, 2.75) is 25.3 Å². The molecule has 0 bridgehead atoms. The number of fused-ring (bicyclic) bond motifs is 4. The first-order chi connectivity index (χ1) is 12.7. The van der Waals surface area contributed by atoms with Gasteiger partial charge in [0.1, 0.15) is 0 Å². The molecule has 0 spiro atoms. The molecule has 0 fully saturated rings. The van der Waals surface area contributed by atoms with E-state index in [-0.39, 0.29) is 17.6 Å². The van der Waals surface area contributed by atoms with E-state index in [1.807, 2.05) is 12.1 Å². The highest BCUT2D eigenvalue weighted by atomic mass is 16.2. The smallest absolute Gasteiger partial charge is 0.347 e. The molecular formula is C19H17N5O2. The van der Waals surface area contributed by atoms with Gasteiger partial charge in [-0.05, 0) is 43.0 Å². The van der Waals surface area contributed by atoms with E-state index < -0.39 is 0 Å². The maximum atomic E-state index is 12.7. The van der Waals surface area contributed by atoms with Crippen LogP contribution in [0, 0.1) is 0 Å². The third kappa shape index (κ3) is 2.24. The Morgan fingerprint density at radius 2 is 2.12 bits per heavy atom. The number of nitrogens with zero attached hydrogens (tertiary/aromatic N) is 2. The maximum absolute atomic E-state index is 12.7. The normalized spacial score (nSPS) is 16.7. The lowest BCUT2D eigenvalue weighted by atomic mass is 9.91. The van der Waals surface area contributed by atoms with Crippen molar-refractivity contribution >= 4 is 22.5 Å². The molecule has 7 nitrogen and oxygen atoms in total. The van der Waals surface area contributed by atoms with Gasteiger partial charge in [-0.15, -0.1) is 0 Å². The minimum atomic E-state index is -0.356. The number of carbonyl (C=O) groups excluding carboxylic acids is 1. The van der Waals surface area contributed by atoms with Gasteiger partial charge in [0.05, 0.1) is 11.6 Å². The SMILES string of the molecule is O=C(NC1CCCc2c1[nH]c1ccccc21)c1ccc2n[nH]c(=O)n2c1. The maximum Gasteiger partial charge on any atom is 0.347 e. The van der Waals surface area contributed by atoms with Gasteiger partial charge in [-0.1, -0.05) is 18.2 Å². The van der Waals surface area contributed by atoms with Crippen molar-refractivity contribution in [3.63, 3.8) is 0 Å². The van der Waals surface area contributed by atoms with Crippen LogP contribution in [0.5, 0.6) is 0 Å². The Hall–Kier alpha value is -3.35. The summed E-state index contributed by atoms with van der Waals surface area (Å²) in [5.74, 6) is -0.198. The summed E-state index contributed by atoms with van der Waals surface area (Å²) >= 11 is 0. The van der Waals surface area contributed by atoms with Crippen LogP contribution in [0.15, 0.2) is 47.4 Å². The standard InChI is InChI=1S/C19H17N5O2/c25-18(11-8-9-16-22-23-19(26)24(16)10-11)21-15-7-3-5-13-12-4-1-2-6-14(12)20-17(13)15/h1-2,4,6,8-10,15,20H,3,5,7H2,(H,21,25)(H,23,26). The molecule has 7 heteroatoms. The molecule has 3 heterocycles. The molecule has 0 saturated heterocycles. The van der Waals surface area contributed by atoms with E-state index in [2.05, 4.69) is 32.6 Å². The first-order valence-corrected chi connectivity index (χ1v) is 8.68. The molecule has 4 aromatic rings. The number of nitrogens with one attached hydrogen (secondary N) is 3. The Balaban J connectivity index is 1.48. The number of rotatable bonds is 2. The highest BCUT2D eigenvalue weighted by Crippen LogP contribution is 2.34. The molecule has 3 aromatic heterocycles. The molecule has 0 saturated carbocycles. The van der Waals surface area contributed by atoms with Gasteiger partial charge in [-0.25, -0.2) is 14.3 Å². The Bertz CT molecular complexity index is 1200. The molecule has 1 aliphatic carbocycles. The van der Waals surface area contributed by atoms with Gasteiger partial charge < -0.3 is 10.3 Å². The predicted octanol–water partition coefficient (Wildman–Crippen LogP) is 2.31. The Labute approximate surface area is 148 Å². The summed E-state index contributed by atoms with van der Waals surface area (Å²) in [5.41, 5.74) is 4.05. The van der Waals surface area contributed by atoms with E-state index in [4.69, 9.17) is 0 Å². The summed E-state index contributed by atoms with van der Waals surface area (Å²) in [6, 6.07) is 11.5. The van der Waals surface area contributed by atoms with Crippen LogP contribution < -0.4 is 11.0 Å². The van der Waals surface area contributed by atoms with Crippen LogP contribution in [0.25, 0.3) is 16.6 Å². The van der Waals surface area contributed by atoms with E-state index in [1.54, 1.807) is 12.1 Å². The number of aromatic nitrogens is 4. The molecule has 5 rings (SSSR count). The van der Waals surface area contributed by atoms with Crippen molar-refractivity contribution in [1.29, 1.82) is 0 Å². The first kappa shape index (κ1) is 14.9. The minimum Gasteiger partial charge on any atom is -0.356 e. The van der Waals surface area contributed by atoms with Crippen molar-refractivity contribution in [2.24, 2.45) is 0 Å². The van der Waals surface area contributed by atoms with Crippen molar-refractivity contribution in [1.82, 2.24) is 24.9 Å². The number of H-pyrrole nitrogens is 2. The van der Waals surface area contributed by atoms with Gasteiger partial charge in [-0.2, -0.15) is 5.10 Å². The summed E-state index contributed by atoms with van der Waals surface area (Å²) in [4.78, 5) is 27.9. The monoisotopic (exact) mass is 347 g/mol. The first-order valence-electron chi connectivity index (χ1n) is 8.68. The van der Waals surface area contributed by atoms with Crippen LogP contribution >= 0.6 is 0 Å². The lowest BCUT2D eigenvalue weighted by Crippen LogP contribution is -2.31. The number of hydrogen-bond acceptors (Lipinski definition) is 3. The molecule has 1 atom stereocenters. The lowest BCUT2D eigenvalue weighted by Gasteiger charge is -2.23. The molecule has 26 heavy (non-hydrogen) atoms. The largest absolute Gasteiger partial charge is 0.356 e. The van der Waals surface area contributed by atoms with E-state index in [1.165, 1.54) is 21.5 Å². The highest BCUT2D eigenvalue weighted by Gasteiger charge is 2.25. The summed E-state index contributed by atoms with van der Waals surface area (Å²) in [5, 5.41) is 10.6. The van der Waals surface area contributed by atoms with Crippen LogP contribution in [0.1, 0.15) is 40.5 Å². The summed E-state index contributed by atoms with van der Waals surface area (Å²) < 4.78 is 1.34. The molecular weight excluding hydrogens is 330 g/mol. The summed E-state index contributed by atoms with van der Waals surface area (Å²) in [7, 11) is 0. The molecule has 1 unspecified atom stereocenters. The third-order valence-corrected chi connectivity index (χ3v) is 5.09. The zero-order valence-corrected chi connectivity index (χ0v) is 14.0. The number of aryl methyl sites for hydroxylation is 1. The van der Waals surface area contributed by atoms with Gasteiger partial charge in [0.2, 0.25) is 0 Å². The second-order valence-corrected chi connectivity index (χ2v) is 6.66. The molecule has 0 aliphatic heterocycles. The van der Waals surface area contributed by atoms with E-state index in [0.717, 1.165) is 30.5 Å². The van der Waals surface area contributed by atoms with Gasteiger partial charge in [0.25, 0.3) is 5.91 Å². The van der Waals surface area contributed by atoms with E-state index in [0.29, 0.717) is 11.2 Å². The number of hydrogen-bond donors (Lipinski definition) is 3. The number of para-hydroxylation sites is 1. The van der Waals surface area contributed by atoms with Crippen LogP contribution in [0.2, 0.25) is 0 Å². The number of amides is 1. The van der Waals surface area contributed by atoms with Crippen molar-refractivity contribution in [3.05, 3.63) is 69.9 Å². The van der Waals surface area contributed by atoms with E-state index >= 15 is 0 Å². The fourth-order valence-corrected chi connectivity index (χ4v) is 3.84. The predicted molar refractivity (Wildman–Crippen MR) is 97.3 cm³/mol. The van der Waals surface area contributed by atoms with Crippen molar-refractivity contribution < 1.29 is 4.79 Å². The topological polar surface area (TPSA) is 95.0 Å². The second kappa shape index (κ2) is 5.59. The quantitative estimate of drug-likeness (QED) is 0.519. The Kier molecular flexibility index (Phi) is 3.21. The van der Waals surface area contributed by atoms with Crippen molar-refractivity contribution in [2.75, 3.05) is 0 Å². The number of pyridine rings is 1. The zero-order valence-electron chi connectivity index (χ0n) is 14.0. The molecule has 3 N–H and O–H groups in total. The average Bonchev–Trinajstić information content (AvgIpc) is 3.23. The average molecular weight is 347 g/mol. The zero-order chi connectivity index (χ0) is 17.7. The molecule has 1 amide bonds. The fraction of sp³-hybridized carbons (Fsp3) is 0.211. The van der Waals surface area contributed by atoms with Crippen LogP contribution in [-0.4, -0.2) is 25.5 Å². The van der Waals surface area contributed by atoms with Crippen LogP contribution in [0.4, 0.5) is 0 Å². The summed E-state index contributed by atoms with van der Waals surface area (Å²) in [6.07, 6.45) is 4.45.